The van der Waals surface area contributed by atoms with Crippen molar-refractivity contribution in [3.8, 4) is 0 Å². The number of hydrogen-bond acceptors (Lipinski definition) is 2. The quantitative estimate of drug-likeness (QED) is 0.818. The predicted molar refractivity (Wildman–Crippen MR) is 66.5 cm³/mol. The summed E-state index contributed by atoms with van der Waals surface area (Å²) in [5.74, 6) is -0.430. The van der Waals surface area contributed by atoms with Crippen LogP contribution in [-0.4, -0.2) is 17.9 Å². The fourth-order valence-corrected chi connectivity index (χ4v) is 2.28. The monoisotopic (exact) mass is 249 g/mol. The van der Waals surface area contributed by atoms with Crippen molar-refractivity contribution in [3.05, 3.63) is 58.0 Å². The van der Waals surface area contributed by atoms with Crippen LogP contribution in [0.2, 0.25) is 0 Å². The molecule has 0 saturated heterocycles. The fourth-order valence-electron chi connectivity index (χ4n) is 1.52. The van der Waals surface area contributed by atoms with Crippen LogP contribution >= 0.6 is 11.3 Å². The minimum Gasteiger partial charge on any atom is -0.337 e. The van der Waals surface area contributed by atoms with Crippen molar-refractivity contribution in [2.45, 2.75) is 6.54 Å². The summed E-state index contributed by atoms with van der Waals surface area (Å²) >= 11 is 1.61. The van der Waals surface area contributed by atoms with E-state index < -0.39 is 0 Å². The maximum Gasteiger partial charge on any atom is 0.253 e. The van der Waals surface area contributed by atoms with Crippen LogP contribution in [0.25, 0.3) is 0 Å². The molecule has 0 radical (unpaired) electrons. The van der Waals surface area contributed by atoms with Gasteiger partial charge in [0.25, 0.3) is 5.91 Å². The van der Waals surface area contributed by atoms with Crippen LogP contribution in [0.1, 0.15) is 15.2 Å². The van der Waals surface area contributed by atoms with Gasteiger partial charge in [-0.15, -0.1) is 11.3 Å². The zero-order valence-corrected chi connectivity index (χ0v) is 10.2. The van der Waals surface area contributed by atoms with Gasteiger partial charge in [-0.25, -0.2) is 4.39 Å². The molecule has 1 amide bonds. The molecule has 0 saturated carbocycles. The molecular formula is C13H12FNOS. The van der Waals surface area contributed by atoms with Gasteiger partial charge in [0.1, 0.15) is 5.82 Å². The average Bonchev–Trinajstić information content (AvgIpc) is 2.82. The molecule has 0 unspecified atom stereocenters. The van der Waals surface area contributed by atoms with E-state index in [4.69, 9.17) is 0 Å². The van der Waals surface area contributed by atoms with Crippen LogP contribution in [0.5, 0.6) is 0 Å². The van der Waals surface area contributed by atoms with Crippen LogP contribution in [0.3, 0.4) is 0 Å². The molecule has 0 aliphatic rings. The minimum absolute atomic E-state index is 0.0987. The highest BCUT2D eigenvalue weighted by atomic mass is 32.1. The number of hydrogen-bond donors (Lipinski definition) is 0. The van der Waals surface area contributed by atoms with Crippen LogP contribution in [-0.2, 0) is 6.54 Å². The van der Waals surface area contributed by atoms with Crippen molar-refractivity contribution in [1.29, 1.82) is 0 Å². The van der Waals surface area contributed by atoms with Crippen LogP contribution < -0.4 is 0 Å². The highest BCUT2D eigenvalue weighted by Crippen LogP contribution is 2.13. The SMILES string of the molecule is CN(Cc1cccs1)C(=O)c1ccc(F)cc1. The average molecular weight is 249 g/mol. The Bertz CT molecular complexity index is 493. The lowest BCUT2D eigenvalue weighted by Gasteiger charge is -2.16. The molecule has 1 heterocycles. The molecule has 1 aromatic carbocycles. The third-order valence-corrected chi connectivity index (χ3v) is 3.27. The molecule has 0 bridgehead atoms. The smallest absolute Gasteiger partial charge is 0.253 e. The lowest BCUT2D eigenvalue weighted by Crippen LogP contribution is -2.25. The summed E-state index contributed by atoms with van der Waals surface area (Å²) in [5.41, 5.74) is 0.505. The maximum absolute atomic E-state index is 12.7. The minimum atomic E-state index is -0.331. The van der Waals surface area contributed by atoms with E-state index >= 15 is 0 Å². The van der Waals surface area contributed by atoms with Gasteiger partial charge >= 0.3 is 0 Å². The van der Waals surface area contributed by atoms with E-state index in [0.29, 0.717) is 12.1 Å². The number of thiophene rings is 1. The number of benzene rings is 1. The van der Waals surface area contributed by atoms with E-state index in [1.165, 1.54) is 24.3 Å². The molecule has 2 aromatic rings. The van der Waals surface area contributed by atoms with Gasteiger partial charge in [-0.05, 0) is 35.7 Å². The van der Waals surface area contributed by atoms with Gasteiger partial charge in [0.05, 0.1) is 6.54 Å². The van der Waals surface area contributed by atoms with Crippen molar-refractivity contribution in [2.24, 2.45) is 0 Å². The third-order valence-electron chi connectivity index (χ3n) is 2.41. The molecule has 0 fully saturated rings. The van der Waals surface area contributed by atoms with Crippen molar-refractivity contribution >= 4 is 17.2 Å². The Morgan fingerprint density at radius 2 is 2.00 bits per heavy atom. The molecule has 88 valence electrons. The lowest BCUT2D eigenvalue weighted by atomic mass is 10.2. The van der Waals surface area contributed by atoms with Crippen molar-refractivity contribution < 1.29 is 9.18 Å². The second-order valence-corrected chi connectivity index (χ2v) is 4.78. The molecule has 2 nitrogen and oxygen atoms in total. The number of halogens is 1. The summed E-state index contributed by atoms with van der Waals surface area (Å²) in [6, 6.07) is 9.54. The normalized spacial score (nSPS) is 10.2. The van der Waals surface area contributed by atoms with E-state index in [0.717, 1.165) is 4.88 Å². The van der Waals surface area contributed by atoms with Crippen LogP contribution in [0.4, 0.5) is 4.39 Å². The number of rotatable bonds is 3. The Balaban J connectivity index is 2.07. The van der Waals surface area contributed by atoms with Gasteiger partial charge in [0.2, 0.25) is 0 Å². The van der Waals surface area contributed by atoms with Gasteiger partial charge in [0, 0.05) is 17.5 Å². The number of nitrogens with zero attached hydrogens (tertiary/aromatic N) is 1. The Kier molecular flexibility index (Phi) is 3.54. The van der Waals surface area contributed by atoms with Gasteiger partial charge in [0.15, 0.2) is 0 Å². The highest BCUT2D eigenvalue weighted by molar-refractivity contribution is 7.09. The highest BCUT2D eigenvalue weighted by Gasteiger charge is 2.12. The first kappa shape index (κ1) is 11.8. The topological polar surface area (TPSA) is 20.3 Å². The largest absolute Gasteiger partial charge is 0.337 e. The molecule has 4 heteroatoms. The first-order valence-corrected chi connectivity index (χ1v) is 6.08. The molecule has 1 aromatic heterocycles. The zero-order valence-electron chi connectivity index (χ0n) is 9.39. The first-order chi connectivity index (χ1) is 8.16. The molecule has 2 rings (SSSR count). The van der Waals surface area contributed by atoms with Crippen molar-refractivity contribution in [3.63, 3.8) is 0 Å². The summed E-state index contributed by atoms with van der Waals surface area (Å²) < 4.78 is 12.7. The van der Waals surface area contributed by atoms with E-state index in [1.807, 2.05) is 17.5 Å². The van der Waals surface area contributed by atoms with E-state index in [2.05, 4.69) is 0 Å². The van der Waals surface area contributed by atoms with E-state index in [-0.39, 0.29) is 11.7 Å². The summed E-state index contributed by atoms with van der Waals surface area (Å²) in [5, 5.41) is 1.98. The number of amides is 1. The summed E-state index contributed by atoms with van der Waals surface area (Å²) in [4.78, 5) is 14.7. The van der Waals surface area contributed by atoms with E-state index in [1.54, 1.807) is 23.3 Å². The lowest BCUT2D eigenvalue weighted by molar-refractivity contribution is 0.0786. The second kappa shape index (κ2) is 5.10. The van der Waals surface area contributed by atoms with Crippen molar-refractivity contribution in [2.75, 3.05) is 7.05 Å². The Morgan fingerprint density at radius 3 is 2.59 bits per heavy atom. The molecule has 17 heavy (non-hydrogen) atoms. The van der Waals surface area contributed by atoms with E-state index in [9.17, 15) is 9.18 Å². The van der Waals surface area contributed by atoms with Gasteiger partial charge in [-0.2, -0.15) is 0 Å². The molecule has 0 N–H and O–H groups in total. The molecular weight excluding hydrogens is 237 g/mol. The molecule has 0 atom stereocenters. The first-order valence-electron chi connectivity index (χ1n) is 5.20. The Morgan fingerprint density at radius 1 is 1.29 bits per heavy atom. The Hall–Kier alpha value is -1.68. The number of carbonyl (C=O) groups excluding carboxylic acids is 1. The third kappa shape index (κ3) is 2.91. The van der Waals surface area contributed by atoms with Gasteiger partial charge in [-0.1, -0.05) is 6.07 Å². The van der Waals surface area contributed by atoms with Gasteiger partial charge in [-0.3, -0.25) is 4.79 Å². The summed E-state index contributed by atoms with van der Waals surface area (Å²) in [6.07, 6.45) is 0. The van der Waals surface area contributed by atoms with Gasteiger partial charge < -0.3 is 4.90 Å². The standard InChI is InChI=1S/C13H12FNOS/c1-15(9-12-3-2-8-17-12)13(16)10-4-6-11(14)7-5-10/h2-8H,9H2,1H3. The zero-order chi connectivity index (χ0) is 12.3. The predicted octanol–water partition coefficient (Wildman–Crippen LogP) is 3.16. The van der Waals surface area contributed by atoms with Crippen LogP contribution in [0, 0.1) is 5.82 Å². The Labute approximate surface area is 103 Å². The molecule has 0 spiro atoms. The van der Waals surface area contributed by atoms with Crippen LogP contribution in [0.15, 0.2) is 41.8 Å². The molecule has 0 aliphatic heterocycles. The number of carbonyl (C=O) groups is 1. The summed E-state index contributed by atoms with van der Waals surface area (Å²) in [7, 11) is 1.74. The molecule has 0 aliphatic carbocycles. The summed E-state index contributed by atoms with van der Waals surface area (Å²) in [6.45, 7) is 0.577. The fraction of sp³-hybridized carbons (Fsp3) is 0.154. The van der Waals surface area contributed by atoms with Crippen molar-refractivity contribution in [1.82, 2.24) is 4.90 Å². The maximum atomic E-state index is 12.7. The second-order valence-electron chi connectivity index (χ2n) is 3.75.